The van der Waals surface area contributed by atoms with Gasteiger partial charge in [0.05, 0.1) is 17.9 Å². The summed E-state index contributed by atoms with van der Waals surface area (Å²) in [5, 5.41) is 2.63. The van der Waals surface area contributed by atoms with Crippen molar-refractivity contribution in [2.45, 2.75) is 12.5 Å². The summed E-state index contributed by atoms with van der Waals surface area (Å²) in [6.45, 7) is 0. The number of aldehydes is 1. The Morgan fingerprint density at radius 1 is 1.47 bits per heavy atom. The van der Waals surface area contributed by atoms with Gasteiger partial charge in [0.15, 0.2) is 0 Å². The maximum absolute atomic E-state index is 12.0. The van der Waals surface area contributed by atoms with E-state index in [0.717, 1.165) is 5.69 Å². The Labute approximate surface area is 110 Å². The molecule has 0 aliphatic rings. The monoisotopic (exact) mass is 258 g/mol. The zero-order valence-corrected chi connectivity index (χ0v) is 10.2. The van der Waals surface area contributed by atoms with Crippen molar-refractivity contribution >= 4 is 17.9 Å². The molecule has 2 rings (SSSR count). The molecule has 0 radical (unpaired) electrons. The quantitative estimate of drug-likeness (QED) is 0.538. The van der Waals surface area contributed by atoms with Crippen LogP contribution in [0.1, 0.15) is 16.1 Å². The average Bonchev–Trinajstić information content (AvgIpc) is 2.91. The molecule has 0 unspecified atom stereocenters. The maximum atomic E-state index is 12.0. The Morgan fingerprint density at radius 2 is 2.26 bits per heavy atom. The Hall–Kier alpha value is -2.63. The lowest BCUT2D eigenvalue weighted by molar-refractivity contribution is -0.109. The molecule has 0 saturated heterocycles. The highest BCUT2D eigenvalue weighted by atomic mass is 16.2. The van der Waals surface area contributed by atoms with Gasteiger partial charge >= 0.3 is 0 Å². The minimum Gasteiger partial charge on any atom is -0.398 e. The molecule has 98 valence electrons. The number of anilines is 1. The third kappa shape index (κ3) is 3.19. The van der Waals surface area contributed by atoms with Crippen LogP contribution in [0.25, 0.3) is 0 Å². The molecule has 6 nitrogen and oxygen atoms in total. The third-order valence-corrected chi connectivity index (χ3v) is 2.68. The molecule has 1 aromatic carbocycles. The first kappa shape index (κ1) is 12.8. The molecule has 4 N–H and O–H groups in total. The molecule has 0 spiro atoms. The van der Waals surface area contributed by atoms with Gasteiger partial charge in [-0.05, 0) is 12.1 Å². The minimum atomic E-state index is -0.618. The number of imidazole rings is 1. The van der Waals surface area contributed by atoms with Gasteiger partial charge in [0, 0.05) is 24.0 Å². The van der Waals surface area contributed by atoms with E-state index in [0.29, 0.717) is 24.0 Å². The van der Waals surface area contributed by atoms with Gasteiger partial charge in [-0.2, -0.15) is 0 Å². The summed E-state index contributed by atoms with van der Waals surface area (Å²) >= 11 is 0. The highest BCUT2D eigenvalue weighted by Gasteiger charge is 2.15. The van der Waals surface area contributed by atoms with Crippen molar-refractivity contribution in [3.8, 4) is 0 Å². The first-order valence-electron chi connectivity index (χ1n) is 5.78. The number of carbonyl (C=O) groups is 2. The van der Waals surface area contributed by atoms with Crippen LogP contribution in [-0.4, -0.2) is 28.2 Å². The Kier molecular flexibility index (Phi) is 3.92. The van der Waals surface area contributed by atoms with E-state index in [1.165, 1.54) is 6.33 Å². The molecule has 1 aromatic heterocycles. The summed E-state index contributed by atoms with van der Waals surface area (Å²) in [5.74, 6) is -0.366. The first-order chi connectivity index (χ1) is 9.20. The molecule has 1 amide bonds. The van der Waals surface area contributed by atoms with Gasteiger partial charge in [0.1, 0.15) is 6.29 Å². The second-order valence-electron chi connectivity index (χ2n) is 4.08. The van der Waals surface area contributed by atoms with Crippen LogP contribution in [0.3, 0.4) is 0 Å². The average molecular weight is 258 g/mol. The molecule has 1 heterocycles. The smallest absolute Gasteiger partial charge is 0.253 e. The summed E-state index contributed by atoms with van der Waals surface area (Å²) in [4.78, 5) is 29.7. The zero-order valence-electron chi connectivity index (χ0n) is 10.2. The number of benzene rings is 1. The molecular formula is C13H14N4O2. The van der Waals surface area contributed by atoms with Crippen molar-refractivity contribution in [2.24, 2.45) is 0 Å². The lowest BCUT2D eigenvalue weighted by atomic mass is 10.1. The molecule has 0 saturated carbocycles. The predicted molar refractivity (Wildman–Crippen MR) is 70.5 cm³/mol. The summed E-state index contributed by atoms with van der Waals surface area (Å²) in [7, 11) is 0. The zero-order chi connectivity index (χ0) is 13.7. The molecule has 0 fully saturated rings. The van der Waals surface area contributed by atoms with Crippen LogP contribution >= 0.6 is 0 Å². The van der Waals surface area contributed by atoms with Crippen LogP contribution in [-0.2, 0) is 11.2 Å². The topological polar surface area (TPSA) is 101 Å². The summed E-state index contributed by atoms with van der Waals surface area (Å²) < 4.78 is 0. The van der Waals surface area contributed by atoms with Gasteiger partial charge < -0.3 is 20.8 Å². The molecule has 1 atom stereocenters. The van der Waals surface area contributed by atoms with E-state index in [4.69, 9.17) is 5.73 Å². The number of amides is 1. The number of rotatable bonds is 5. The third-order valence-electron chi connectivity index (χ3n) is 2.68. The second kappa shape index (κ2) is 5.81. The number of nitrogen functional groups attached to an aromatic ring is 1. The van der Waals surface area contributed by atoms with Gasteiger partial charge in [0.2, 0.25) is 0 Å². The molecular weight excluding hydrogens is 244 g/mol. The van der Waals surface area contributed by atoms with Gasteiger partial charge in [-0.1, -0.05) is 12.1 Å². The van der Waals surface area contributed by atoms with Crippen LogP contribution in [0.2, 0.25) is 0 Å². The van der Waals surface area contributed by atoms with Gasteiger partial charge in [0.25, 0.3) is 5.91 Å². The summed E-state index contributed by atoms with van der Waals surface area (Å²) in [6.07, 6.45) is 4.19. The van der Waals surface area contributed by atoms with Crippen LogP contribution < -0.4 is 11.1 Å². The Balaban J connectivity index is 2.04. The van der Waals surface area contributed by atoms with Crippen LogP contribution in [0.15, 0.2) is 36.8 Å². The Bertz CT molecular complexity index is 566. The van der Waals surface area contributed by atoms with E-state index >= 15 is 0 Å². The fourth-order valence-corrected chi connectivity index (χ4v) is 1.72. The van der Waals surface area contributed by atoms with Crippen LogP contribution in [0, 0.1) is 0 Å². The molecule has 0 aliphatic heterocycles. The van der Waals surface area contributed by atoms with E-state index in [1.54, 1.807) is 30.5 Å². The number of hydrogen-bond acceptors (Lipinski definition) is 4. The van der Waals surface area contributed by atoms with E-state index in [1.807, 2.05) is 0 Å². The SMILES string of the molecule is Nc1ccccc1C(=O)N[C@H](C=O)Cc1cnc[nH]1. The largest absolute Gasteiger partial charge is 0.398 e. The van der Waals surface area contributed by atoms with Gasteiger partial charge in [-0.3, -0.25) is 4.79 Å². The molecule has 2 aromatic rings. The fraction of sp³-hybridized carbons (Fsp3) is 0.154. The van der Waals surface area contributed by atoms with E-state index in [9.17, 15) is 9.59 Å². The second-order valence-corrected chi connectivity index (χ2v) is 4.08. The summed E-state index contributed by atoms with van der Waals surface area (Å²) in [5.41, 5.74) is 7.23. The van der Waals surface area contributed by atoms with Crippen LogP contribution in [0.5, 0.6) is 0 Å². The fourth-order valence-electron chi connectivity index (χ4n) is 1.72. The number of nitrogens with one attached hydrogen (secondary N) is 2. The van der Waals surface area contributed by atoms with Gasteiger partial charge in [-0.15, -0.1) is 0 Å². The highest BCUT2D eigenvalue weighted by Crippen LogP contribution is 2.10. The number of H-pyrrole nitrogens is 1. The number of aromatic amines is 1. The predicted octanol–water partition coefficient (Wildman–Crippen LogP) is 0.532. The maximum Gasteiger partial charge on any atom is 0.253 e. The van der Waals surface area contributed by atoms with Crippen molar-refractivity contribution < 1.29 is 9.59 Å². The van der Waals surface area contributed by atoms with Crippen LogP contribution in [0.4, 0.5) is 5.69 Å². The standard InChI is InChI=1S/C13H14N4O2/c14-12-4-2-1-3-11(12)13(19)17-10(7-18)5-9-6-15-8-16-9/h1-4,6-8,10H,5,14H2,(H,15,16)(H,17,19)/t10-/m0/s1. The molecule has 0 aliphatic carbocycles. The highest BCUT2D eigenvalue weighted by molar-refractivity contribution is 6.00. The number of nitrogens with two attached hydrogens (primary N) is 1. The first-order valence-corrected chi connectivity index (χ1v) is 5.78. The number of hydrogen-bond donors (Lipinski definition) is 3. The number of nitrogens with zero attached hydrogens (tertiary/aromatic N) is 1. The lowest BCUT2D eigenvalue weighted by Crippen LogP contribution is -2.38. The van der Waals surface area contributed by atoms with Crippen molar-refractivity contribution in [2.75, 3.05) is 5.73 Å². The number of para-hydroxylation sites is 1. The van der Waals surface area contributed by atoms with E-state index < -0.39 is 6.04 Å². The van der Waals surface area contributed by atoms with Gasteiger partial charge in [-0.25, -0.2) is 4.98 Å². The van der Waals surface area contributed by atoms with Crippen molar-refractivity contribution in [1.82, 2.24) is 15.3 Å². The van der Waals surface area contributed by atoms with Crippen molar-refractivity contribution in [1.29, 1.82) is 0 Å². The minimum absolute atomic E-state index is 0.360. The molecule has 0 bridgehead atoms. The molecule has 19 heavy (non-hydrogen) atoms. The van der Waals surface area contributed by atoms with Crippen molar-refractivity contribution in [3.05, 3.63) is 48.0 Å². The number of aromatic nitrogens is 2. The van der Waals surface area contributed by atoms with E-state index in [-0.39, 0.29) is 5.91 Å². The lowest BCUT2D eigenvalue weighted by Gasteiger charge is -2.12. The van der Waals surface area contributed by atoms with E-state index in [2.05, 4.69) is 15.3 Å². The summed E-state index contributed by atoms with van der Waals surface area (Å²) in [6, 6.07) is 6.10. The molecule has 6 heteroatoms. The Morgan fingerprint density at radius 3 is 2.89 bits per heavy atom. The normalized spacial score (nSPS) is 11.8. The van der Waals surface area contributed by atoms with Crippen molar-refractivity contribution in [3.63, 3.8) is 0 Å². The number of carbonyl (C=O) groups excluding carboxylic acids is 2.